The van der Waals surface area contributed by atoms with Crippen LogP contribution >= 0.6 is 0 Å². The molecule has 1 aromatic rings. The standard InChI is InChI=1S/C11H15N3O3S/c12-9-2-1-7(5-9)11-13-10(14-17-11)8-3-4-18(15,16)6-8/h1-2,7-9H,3-6,12H2. The lowest BCUT2D eigenvalue weighted by Crippen LogP contribution is -2.14. The van der Waals surface area contributed by atoms with E-state index in [2.05, 4.69) is 10.1 Å². The average Bonchev–Trinajstić information content (AvgIpc) is 2.96. The summed E-state index contributed by atoms with van der Waals surface area (Å²) in [4.78, 5) is 4.33. The maximum absolute atomic E-state index is 11.4. The summed E-state index contributed by atoms with van der Waals surface area (Å²) in [7, 11) is -2.92. The minimum atomic E-state index is -2.92. The van der Waals surface area contributed by atoms with Crippen molar-refractivity contribution in [2.24, 2.45) is 5.73 Å². The molecule has 2 aliphatic rings. The van der Waals surface area contributed by atoms with Gasteiger partial charge in [-0.3, -0.25) is 0 Å². The number of aromatic nitrogens is 2. The van der Waals surface area contributed by atoms with Crippen molar-refractivity contribution in [1.82, 2.24) is 10.1 Å². The third-order valence-corrected chi connectivity index (χ3v) is 5.26. The molecule has 1 aliphatic heterocycles. The van der Waals surface area contributed by atoms with E-state index in [1.807, 2.05) is 12.2 Å². The summed E-state index contributed by atoms with van der Waals surface area (Å²) in [5.74, 6) is 1.35. The highest BCUT2D eigenvalue weighted by Gasteiger charge is 2.33. The van der Waals surface area contributed by atoms with Crippen LogP contribution in [0, 0.1) is 0 Å². The average molecular weight is 269 g/mol. The van der Waals surface area contributed by atoms with E-state index in [1.165, 1.54) is 0 Å². The van der Waals surface area contributed by atoms with Crippen LogP contribution in [-0.4, -0.2) is 36.1 Å². The molecular weight excluding hydrogens is 254 g/mol. The van der Waals surface area contributed by atoms with Gasteiger partial charge in [0.05, 0.1) is 17.4 Å². The Morgan fingerprint density at radius 2 is 2.22 bits per heavy atom. The Balaban J connectivity index is 1.76. The molecule has 1 aliphatic carbocycles. The Morgan fingerprint density at radius 1 is 1.39 bits per heavy atom. The fourth-order valence-corrected chi connectivity index (χ4v) is 4.21. The SMILES string of the molecule is NC1C=CC(c2nc(C3CCS(=O)(=O)C3)no2)C1. The topological polar surface area (TPSA) is 99.1 Å². The van der Waals surface area contributed by atoms with Gasteiger partial charge in [0.2, 0.25) is 5.89 Å². The van der Waals surface area contributed by atoms with Crippen LogP contribution in [-0.2, 0) is 9.84 Å². The summed E-state index contributed by atoms with van der Waals surface area (Å²) >= 11 is 0. The Morgan fingerprint density at radius 3 is 2.83 bits per heavy atom. The van der Waals surface area contributed by atoms with E-state index >= 15 is 0 Å². The molecule has 0 aromatic carbocycles. The van der Waals surface area contributed by atoms with Crippen LogP contribution in [0.5, 0.6) is 0 Å². The van der Waals surface area contributed by atoms with Gasteiger partial charge in [0.15, 0.2) is 15.7 Å². The highest BCUT2D eigenvalue weighted by Crippen LogP contribution is 2.30. The number of hydrogen-bond acceptors (Lipinski definition) is 6. The molecule has 0 spiro atoms. The zero-order valence-electron chi connectivity index (χ0n) is 9.82. The van der Waals surface area contributed by atoms with Gasteiger partial charge < -0.3 is 10.3 Å². The Labute approximate surface area is 105 Å². The van der Waals surface area contributed by atoms with Gasteiger partial charge in [-0.25, -0.2) is 8.42 Å². The Hall–Kier alpha value is -1.21. The van der Waals surface area contributed by atoms with E-state index in [9.17, 15) is 8.42 Å². The molecule has 3 rings (SSSR count). The number of nitrogens with two attached hydrogens (primary N) is 1. The van der Waals surface area contributed by atoms with E-state index in [4.69, 9.17) is 10.3 Å². The summed E-state index contributed by atoms with van der Waals surface area (Å²) in [6.07, 6.45) is 5.24. The van der Waals surface area contributed by atoms with Crippen LogP contribution < -0.4 is 5.73 Å². The van der Waals surface area contributed by atoms with Crippen molar-refractivity contribution in [3.05, 3.63) is 23.9 Å². The molecule has 3 unspecified atom stereocenters. The molecular formula is C11H15N3O3S. The second kappa shape index (κ2) is 4.17. The smallest absolute Gasteiger partial charge is 0.233 e. The molecule has 18 heavy (non-hydrogen) atoms. The van der Waals surface area contributed by atoms with Crippen molar-refractivity contribution in [3.8, 4) is 0 Å². The first kappa shape index (κ1) is 11.9. The fourth-order valence-electron chi connectivity index (χ4n) is 2.47. The molecule has 0 radical (unpaired) electrons. The molecule has 1 fully saturated rings. The van der Waals surface area contributed by atoms with E-state index in [0.717, 1.165) is 6.42 Å². The van der Waals surface area contributed by atoms with Gasteiger partial charge in [0, 0.05) is 12.0 Å². The lowest BCUT2D eigenvalue weighted by molar-refractivity contribution is 0.358. The molecule has 1 aromatic heterocycles. The fraction of sp³-hybridized carbons (Fsp3) is 0.636. The predicted octanol–water partition coefficient (Wildman–Crippen LogP) is 0.343. The number of hydrogen-bond donors (Lipinski definition) is 1. The minimum Gasteiger partial charge on any atom is -0.339 e. The van der Waals surface area contributed by atoms with Crippen molar-refractivity contribution in [2.45, 2.75) is 30.7 Å². The summed E-state index contributed by atoms with van der Waals surface area (Å²) < 4.78 is 28.0. The van der Waals surface area contributed by atoms with Crippen molar-refractivity contribution in [2.75, 3.05) is 11.5 Å². The molecule has 2 N–H and O–H groups in total. The van der Waals surface area contributed by atoms with Gasteiger partial charge in [-0.15, -0.1) is 0 Å². The summed E-state index contributed by atoms with van der Waals surface area (Å²) in [6, 6.07) is 0.0391. The van der Waals surface area contributed by atoms with Crippen LogP contribution in [0.3, 0.4) is 0 Å². The molecule has 2 heterocycles. The Kier molecular flexibility index (Phi) is 2.74. The number of rotatable bonds is 2. The van der Waals surface area contributed by atoms with Gasteiger partial charge in [-0.2, -0.15) is 4.98 Å². The minimum absolute atomic E-state index is 0.0391. The molecule has 6 nitrogen and oxygen atoms in total. The maximum atomic E-state index is 11.4. The van der Waals surface area contributed by atoms with Crippen molar-refractivity contribution >= 4 is 9.84 Å². The zero-order chi connectivity index (χ0) is 12.8. The molecule has 1 saturated heterocycles. The predicted molar refractivity (Wildman–Crippen MR) is 64.8 cm³/mol. The maximum Gasteiger partial charge on any atom is 0.233 e. The van der Waals surface area contributed by atoms with Gasteiger partial charge in [0.25, 0.3) is 0 Å². The molecule has 7 heteroatoms. The van der Waals surface area contributed by atoms with E-state index in [-0.39, 0.29) is 29.4 Å². The molecule has 0 saturated carbocycles. The molecule has 3 atom stereocenters. The normalized spacial score (nSPS) is 34.2. The molecule has 98 valence electrons. The van der Waals surface area contributed by atoms with Gasteiger partial charge in [-0.1, -0.05) is 17.3 Å². The van der Waals surface area contributed by atoms with Crippen LogP contribution in [0.15, 0.2) is 16.7 Å². The highest BCUT2D eigenvalue weighted by atomic mass is 32.2. The molecule has 0 amide bonds. The van der Waals surface area contributed by atoms with E-state index in [0.29, 0.717) is 18.1 Å². The largest absolute Gasteiger partial charge is 0.339 e. The zero-order valence-corrected chi connectivity index (χ0v) is 10.6. The number of allylic oxidation sites excluding steroid dienone is 1. The molecule has 0 bridgehead atoms. The Bertz CT molecular complexity index is 578. The first-order valence-corrected chi connectivity index (χ1v) is 7.83. The quantitative estimate of drug-likeness (QED) is 0.777. The van der Waals surface area contributed by atoms with Crippen LogP contribution in [0.1, 0.15) is 36.4 Å². The van der Waals surface area contributed by atoms with E-state index in [1.54, 1.807) is 0 Å². The van der Waals surface area contributed by atoms with Crippen molar-refractivity contribution in [3.63, 3.8) is 0 Å². The van der Waals surface area contributed by atoms with Gasteiger partial charge in [0.1, 0.15) is 0 Å². The number of nitrogens with zero attached hydrogens (tertiary/aromatic N) is 2. The summed E-state index contributed by atoms with van der Waals surface area (Å²) in [5.41, 5.74) is 5.77. The van der Waals surface area contributed by atoms with Crippen LogP contribution in [0.25, 0.3) is 0 Å². The first-order chi connectivity index (χ1) is 8.53. The monoisotopic (exact) mass is 269 g/mol. The summed E-state index contributed by atoms with van der Waals surface area (Å²) in [5, 5.41) is 3.91. The van der Waals surface area contributed by atoms with Crippen LogP contribution in [0.4, 0.5) is 0 Å². The second-order valence-electron chi connectivity index (χ2n) is 4.98. The lowest BCUT2D eigenvalue weighted by atomic mass is 10.1. The van der Waals surface area contributed by atoms with Crippen molar-refractivity contribution < 1.29 is 12.9 Å². The number of sulfone groups is 1. The first-order valence-electron chi connectivity index (χ1n) is 6.01. The second-order valence-corrected chi connectivity index (χ2v) is 7.21. The van der Waals surface area contributed by atoms with Gasteiger partial charge in [-0.05, 0) is 12.8 Å². The lowest BCUT2D eigenvalue weighted by Gasteiger charge is -2.02. The van der Waals surface area contributed by atoms with E-state index < -0.39 is 9.84 Å². The summed E-state index contributed by atoms with van der Waals surface area (Å²) in [6.45, 7) is 0. The third-order valence-electron chi connectivity index (χ3n) is 3.49. The van der Waals surface area contributed by atoms with Crippen LogP contribution in [0.2, 0.25) is 0 Å². The highest BCUT2D eigenvalue weighted by molar-refractivity contribution is 7.91. The van der Waals surface area contributed by atoms with Gasteiger partial charge >= 0.3 is 0 Å². The third kappa shape index (κ3) is 2.20. The van der Waals surface area contributed by atoms with Crippen molar-refractivity contribution in [1.29, 1.82) is 0 Å².